The number of esters is 1. The fourth-order valence-electron chi connectivity index (χ4n) is 3.00. The molecular weight excluding hydrogens is 384 g/mol. The first kappa shape index (κ1) is 22.1. The van der Waals surface area contributed by atoms with Crippen LogP contribution in [0.25, 0.3) is 0 Å². The summed E-state index contributed by atoms with van der Waals surface area (Å²) in [5.41, 5.74) is -0.352. The highest BCUT2D eigenvalue weighted by Gasteiger charge is 2.31. The monoisotopic (exact) mass is 408 g/mol. The smallest absolute Gasteiger partial charge is 0.306 e. The van der Waals surface area contributed by atoms with Gasteiger partial charge in [-0.3, -0.25) is 9.59 Å². The average Bonchev–Trinajstić information content (AvgIpc) is 2.73. The van der Waals surface area contributed by atoms with Crippen LogP contribution in [0, 0.1) is 0 Å². The van der Waals surface area contributed by atoms with Crippen LogP contribution in [0.3, 0.4) is 0 Å². The second kappa shape index (κ2) is 9.83. The van der Waals surface area contributed by atoms with E-state index >= 15 is 0 Å². The minimum atomic E-state index is -0.956. The number of aromatic hydroxyl groups is 1. The molecule has 29 heavy (non-hydrogen) atoms. The Morgan fingerprint density at radius 3 is 2.38 bits per heavy atom. The number of ether oxygens (including phenoxy) is 4. The summed E-state index contributed by atoms with van der Waals surface area (Å²) in [6.07, 6.45) is -0.259. The van der Waals surface area contributed by atoms with Crippen molar-refractivity contribution in [3.8, 4) is 23.0 Å². The van der Waals surface area contributed by atoms with Crippen LogP contribution in [0.5, 0.6) is 23.0 Å². The van der Waals surface area contributed by atoms with E-state index in [9.17, 15) is 19.8 Å². The van der Waals surface area contributed by atoms with Gasteiger partial charge in [0.2, 0.25) is 16.9 Å². The normalized spacial score (nSPS) is 11.6. The highest BCUT2D eigenvalue weighted by molar-refractivity contribution is 5.72. The van der Waals surface area contributed by atoms with Crippen LogP contribution >= 0.6 is 0 Å². The van der Waals surface area contributed by atoms with Gasteiger partial charge in [-0.2, -0.15) is 0 Å². The molecule has 0 unspecified atom stereocenters. The van der Waals surface area contributed by atoms with Crippen LogP contribution in [-0.2, 0) is 16.1 Å². The predicted octanol–water partition coefficient (Wildman–Crippen LogP) is 1.95. The molecule has 158 valence electrons. The Bertz CT molecular complexity index is 917. The summed E-state index contributed by atoms with van der Waals surface area (Å²) < 4.78 is 26.7. The van der Waals surface area contributed by atoms with Gasteiger partial charge in [0.25, 0.3) is 0 Å². The Morgan fingerprint density at radius 2 is 1.83 bits per heavy atom. The molecule has 0 aliphatic rings. The van der Waals surface area contributed by atoms with E-state index in [4.69, 9.17) is 23.4 Å². The summed E-state index contributed by atoms with van der Waals surface area (Å²) in [4.78, 5) is 24.4. The molecule has 9 nitrogen and oxygen atoms in total. The minimum absolute atomic E-state index is 0.0592. The maximum absolute atomic E-state index is 12.3. The van der Waals surface area contributed by atoms with Gasteiger partial charge in [-0.05, 0) is 13.0 Å². The first-order chi connectivity index (χ1) is 13.9. The molecule has 2 rings (SSSR count). The van der Waals surface area contributed by atoms with Gasteiger partial charge in [-0.15, -0.1) is 0 Å². The molecule has 0 fully saturated rings. The largest absolute Gasteiger partial charge is 0.502 e. The molecule has 2 N–H and O–H groups in total. The molecule has 0 aliphatic heterocycles. The number of carbonyl (C=O) groups is 1. The summed E-state index contributed by atoms with van der Waals surface area (Å²) in [5.74, 6) is -1.57. The molecule has 0 spiro atoms. The van der Waals surface area contributed by atoms with E-state index in [1.807, 2.05) is 0 Å². The fraction of sp³-hybridized carbons (Fsp3) is 0.400. The van der Waals surface area contributed by atoms with Gasteiger partial charge in [0.05, 0.1) is 40.3 Å². The first-order valence-corrected chi connectivity index (χ1v) is 8.82. The van der Waals surface area contributed by atoms with Gasteiger partial charge < -0.3 is 33.6 Å². The summed E-state index contributed by atoms with van der Waals surface area (Å²) in [5, 5.41) is 19.7. The number of aliphatic hydroxyl groups is 1. The maximum atomic E-state index is 12.3. The van der Waals surface area contributed by atoms with E-state index in [1.165, 1.54) is 21.3 Å². The zero-order chi connectivity index (χ0) is 21.6. The van der Waals surface area contributed by atoms with Crippen molar-refractivity contribution in [1.29, 1.82) is 0 Å². The van der Waals surface area contributed by atoms with Crippen molar-refractivity contribution in [3.05, 3.63) is 45.5 Å². The predicted molar refractivity (Wildman–Crippen MR) is 102 cm³/mol. The number of aliphatic hydroxyl groups excluding tert-OH is 1. The quantitative estimate of drug-likeness (QED) is 0.599. The maximum Gasteiger partial charge on any atom is 0.306 e. The van der Waals surface area contributed by atoms with Crippen molar-refractivity contribution >= 4 is 5.97 Å². The highest BCUT2D eigenvalue weighted by atomic mass is 16.5. The van der Waals surface area contributed by atoms with E-state index in [-0.39, 0.29) is 36.0 Å². The molecule has 1 heterocycles. The third-order valence-electron chi connectivity index (χ3n) is 4.26. The Balaban J connectivity index is 2.75. The van der Waals surface area contributed by atoms with Gasteiger partial charge in [-0.1, -0.05) is 6.07 Å². The molecule has 1 atom stereocenters. The lowest BCUT2D eigenvalue weighted by atomic mass is 9.90. The van der Waals surface area contributed by atoms with Crippen molar-refractivity contribution in [2.75, 3.05) is 27.9 Å². The Hall–Kier alpha value is -3.20. The van der Waals surface area contributed by atoms with Crippen molar-refractivity contribution in [2.24, 2.45) is 0 Å². The molecule has 9 heteroatoms. The van der Waals surface area contributed by atoms with Crippen LogP contribution in [-0.4, -0.2) is 44.1 Å². The third kappa shape index (κ3) is 4.62. The molecule has 0 amide bonds. The number of hydrogen-bond donors (Lipinski definition) is 2. The van der Waals surface area contributed by atoms with Crippen LogP contribution < -0.4 is 19.6 Å². The lowest BCUT2D eigenvalue weighted by Crippen LogP contribution is -2.16. The molecule has 0 saturated carbocycles. The Labute approximate surface area is 167 Å². The van der Waals surface area contributed by atoms with E-state index < -0.39 is 29.7 Å². The number of rotatable bonds is 9. The topological polar surface area (TPSA) is 125 Å². The Kier molecular flexibility index (Phi) is 7.49. The average molecular weight is 408 g/mol. The standard InChI is InChI=1S/C20H24O9/c1-5-28-16(23)9-13(18-17(24)14(22)8-11(10-21)29-18)12-6-7-15(25-2)20(27-4)19(12)26-3/h6-8,13,21,24H,5,9-10H2,1-4H3/t13-/m0/s1. The highest BCUT2D eigenvalue weighted by Crippen LogP contribution is 2.46. The van der Waals surface area contributed by atoms with Crippen LogP contribution in [0.4, 0.5) is 0 Å². The molecule has 2 aromatic rings. The van der Waals surface area contributed by atoms with Gasteiger partial charge >= 0.3 is 5.97 Å². The third-order valence-corrected chi connectivity index (χ3v) is 4.26. The van der Waals surface area contributed by atoms with Crippen LogP contribution in [0.2, 0.25) is 0 Å². The molecule has 0 radical (unpaired) electrons. The minimum Gasteiger partial charge on any atom is -0.502 e. The van der Waals surface area contributed by atoms with E-state index in [0.29, 0.717) is 11.3 Å². The molecule has 1 aromatic carbocycles. The van der Waals surface area contributed by atoms with Crippen LogP contribution in [0.15, 0.2) is 27.4 Å². The molecule has 1 aromatic heterocycles. The lowest BCUT2D eigenvalue weighted by molar-refractivity contribution is -0.143. The molecular formula is C20H24O9. The number of benzene rings is 1. The first-order valence-electron chi connectivity index (χ1n) is 8.82. The zero-order valence-corrected chi connectivity index (χ0v) is 16.7. The summed E-state index contributed by atoms with van der Waals surface area (Å²) in [7, 11) is 4.29. The van der Waals surface area contributed by atoms with Crippen LogP contribution in [0.1, 0.15) is 36.3 Å². The van der Waals surface area contributed by atoms with Gasteiger partial charge in [0.1, 0.15) is 12.4 Å². The van der Waals surface area contributed by atoms with E-state index in [2.05, 4.69) is 0 Å². The molecule has 0 saturated heterocycles. The van der Waals surface area contributed by atoms with Gasteiger partial charge in [0, 0.05) is 11.6 Å². The number of methoxy groups -OCH3 is 3. The summed E-state index contributed by atoms with van der Waals surface area (Å²) >= 11 is 0. The second-order valence-corrected chi connectivity index (χ2v) is 5.93. The second-order valence-electron chi connectivity index (χ2n) is 5.93. The summed E-state index contributed by atoms with van der Waals surface area (Å²) in [6.45, 7) is 1.26. The number of carbonyl (C=O) groups excluding carboxylic acids is 1. The summed E-state index contributed by atoms with van der Waals surface area (Å²) in [6, 6.07) is 4.18. The Morgan fingerprint density at radius 1 is 1.14 bits per heavy atom. The zero-order valence-electron chi connectivity index (χ0n) is 16.7. The number of hydrogen-bond acceptors (Lipinski definition) is 9. The van der Waals surface area contributed by atoms with Crippen molar-refractivity contribution in [3.63, 3.8) is 0 Å². The van der Waals surface area contributed by atoms with Crippen molar-refractivity contribution in [1.82, 2.24) is 0 Å². The van der Waals surface area contributed by atoms with E-state index in [0.717, 1.165) is 6.07 Å². The molecule has 0 aliphatic carbocycles. The molecule has 0 bridgehead atoms. The fourth-order valence-corrected chi connectivity index (χ4v) is 3.00. The van der Waals surface area contributed by atoms with E-state index in [1.54, 1.807) is 19.1 Å². The van der Waals surface area contributed by atoms with Crippen molar-refractivity contribution < 1.29 is 38.4 Å². The lowest BCUT2D eigenvalue weighted by Gasteiger charge is -2.22. The SMILES string of the molecule is CCOC(=O)C[C@@H](c1ccc(OC)c(OC)c1OC)c1oc(CO)cc(=O)c1O. The van der Waals surface area contributed by atoms with Crippen molar-refractivity contribution in [2.45, 2.75) is 25.9 Å². The van der Waals surface area contributed by atoms with Gasteiger partial charge in [0.15, 0.2) is 17.3 Å². The van der Waals surface area contributed by atoms with Gasteiger partial charge in [-0.25, -0.2) is 0 Å².